The molecule has 1 fully saturated rings. The van der Waals surface area contributed by atoms with E-state index in [-0.39, 0.29) is 50.5 Å². The molecule has 1 aliphatic heterocycles. The summed E-state index contributed by atoms with van der Waals surface area (Å²) in [7, 11) is 0. The molecule has 0 saturated carbocycles. The zero-order valence-electron chi connectivity index (χ0n) is 24.5. The minimum Gasteiger partial charge on any atom is -0.447 e. The van der Waals surface area contributed by atoms with Crippen molar-refractivity contribution in [2.45, 2.75) is 89.7 Å². The highest BCUT2D eigenvalue weighted by Crippen LogP contribution is 2.35. The number of hydrogen-bond donors (Lipinski definition) is 2. The number of carbonyl (C=O) groups is 3. The standard InChI is InChI=1S/C28H39F3N6O5/c1-26(2,3)42-24(39)35-27(4,5)23(38)34-21(11-13-28(30,31)19-9-7-6-8-10-19)22-32-18-33-37(22)15-16-41-25(40)36-14-12-20(29)17-36/h6-10,18,20-21H,11-17H2,1-5H3,(H,34,38)(H,35,39)/t20-,21-/m1/s1. The summed E-state index contributed by atoms with van der Waals surface area (Å²) < 4.78 is 55.5. The molecule has 1 saturated heterocycles. The lowest BCUT2D eigenvalue weighted by atomic mass is 9.98. The number of aromatic nitrogens is 3. The second-order valence-corrected chi connectivity index (χ2v) is 11.7. The lowest BCUT2D eigenvalue weighted by molar-refractivity contribution is -0.127. The minimum absolute atomic E-state index is 0.00890. The number of alkyl halides is 3. The molecule has 1 aliphatic rings. The van der Waals surface area contributed by atoms with Gasteiger partial charge in [0.25, 0.3) is 5.92 Å². The summed E-state index contributed by atoms with van der Waals surface area (Å²) in [6.45, 7) is 8.01. The Morgan fingerprint density at radius 3 is 2.43 bits per heavy atom. The van der Waals surface area contributed by atoms with Crippen molar-refractivity contribution in [3.05, 3.63) is 48.0 Å². The van der Waals surface area contributed by atoms with Crippen LogP contribution in [0.2, 0.25) is 0 Å². The normalized spacial score (nSPS) is 16.6. The largest absolute Gasteiger partial charge is 0.447 e. The number of likely N-dealkylation sites (tertiary alicyclic amines) is 1. The molecule has 0 aliphatic carbocycles. The zero-order chi connectivity index (χ0) is 31.1. The smallest absolute Gasteiger partial charge is 0.409 e. The molecule has 2 atom stereocenters. The van der Waals surface area contributed by atoms with Crippen LogP contribution in [0.25, 0.3) is 0 Å². The Morgan fingerprint density at radius 2 is 1.81 bits per heavy atom. The van der Waals surface area contributed by atoms with Crippen molar-refractivity contribution < 1.29 is 37.0 Å². The first-order valence-corrected chi connectivity index (χ1v) is 13.8. The van der Waals surface area contributed by atoms with Gasteiger partial charge in [-0.1, -0.05) is 30.3 Å². The summed E-state index contributed by atoms with van der Waals surface area (Å²) in [5, 5.41) is 9.33. The van der Waals surface area contributed by atoms with Crippen LogP contribution in [-0.4, -0.2) is 74.8 Å². The molecule has 0 radical (unpaired) electrons. The van der Waals surface area contributed by atoms with Gasteiger partial charge in [0.2, 0.25) is 5.91 Å². The number of amides is 3. The topological polar surface area (TPSA) is 128 Å². The van der Waals surface area contributed by atoms with E-state index < -0.39 is 53.8 Å². The molecule has 0 unspecified atom stereocenters. The van der Waals surface area contributed by atoms with Crippen molar-refractivity contribution in [2.24, 2.45) is 0 Å². The van der Waals surface area contributed by atoms with Crippen molar-refractivity contribution in [1.82, 2.24) is 30.3 Å². The van der Waals surface area contributed by atoms with Crippen LogP contribution in [-0.2, 0) is 26.7 Å². The number of halogens is 3. The molecular formula is C28H39F3N6O5. The van der Waals surface area contributed by atoms with E-state index >= 15 is 8.78 Å². The maximum Gasteiger partial charge on any atom is 0.409 e. The second-order valence-electron chi connectivity index (χ2n) is 11.7. The number of alkyl carbamates (subject to hydrolysis) is 1. The third kappa shape index (κ3) is 9.35. The Morgan fingerprint density at radius 1 is 1.12 bits per heavy atom. The Bertz CT molecular complexity index is 1220. The molecule has 2 N–H and O–H groups in total. The molecule has 11 nitrogen and oxygen atoms in total. The maximum atomic E-state index is 15.1. The van der Waals surface area contributed by atoms with Gasteiger partial charge in [0.1, 0.15) is 36.1 Å². The fourth-order valence-corrected chi connectivity index (χ4v) is 4.28. The number of nitrogens with zero attached hydrogens (tertiary/aromatic N) is 4. The van der Waals surface area contributed by atoms with Crippen LogP contribution >= 0.6 is 0 Å². The molecule has 2 aromatic rings. The van der Waals surface area contributed by atoms with E-state index in [0.717, 1.165) is 0 Å². The molecule has 1 aromatic carbocycles. The van der Waals surface area contributed by atoms with Crippen LogP contribution in [0, 0.1) is 0 Å². The molecule has 42 heavy (non-hydrogen) atoms. The van der Waals surface area contributed by atoms with Gasteiger partial charge in [0.15, 0.2) is 0 Å². The Kier molecular flexibility index (Phi) is 10.4. The highest BCUT2D eigenvalue weighted by atomic mass is 19.3. The average Bonchev–Trinajstić information content (AvgIpc) is 3.54. The second kappa shape index (κ2) is 13.4. The van der Waals surface area contributed by atoms with E-state index in [0.29, 0.717) is 0 Å². The molecule has 14 heteroatoms. The zero-order valence-corrected chi connectivity index (χ0v) is 24.5. The van der Waals surface area contributed by atoms with Gasteiger partial charge in [0, 0.05) is 18.5 Å². The Balaban J connectivity index is 1.74. The van der Waals surface area contributed by atoms with Crippen LogP contribution in [0.3, 0.4) is 0 Å². The van der Waals surface area contributed by atoms with Crippen molar-refractivity contribution in [1.29, 1.82) is 0 Å². The summed E-state index contributed by atoms with van der Waals surface area (Å²) >= 11 is 0. The molecular weight excluding hydrogens is 557 g/mol. The first-order chi connectivity index (χ1) is 19.6. The van der Waals surface area contributed by atoms with Gasteiger partial charge in [-0.3, -0.25) is 4.79 Å². The number of nitrogens with one attached hydrogen (secondary N) is 2. The predicted octanol–water partition coefficient (Wildman–Crippen LogP) is 4.49. The number of benzene rings is 1. The third-order valence-electron chi connectivity index (χ3n) is 6.50. The molecule has 3 rings (SSSR count). The fraction of sp³-hybridized carbons (Fsp3) is 0.607. The summed E-state index contributed by atoms with van der Waals surface area (Å²) in [4.78, 5) is 43.4. The van der Waals surface area contributed by atoms with Gasteiger partial charge in [-0.05, 0) is 47.5 Å². The van der Waals surface area contributed by atoms with Gasteiger partial charge in [-0.2, -0.15) is 5.10 Å². The minimum atomic E-state index is -3.21. The van der Waals surface area contributed by atoms with Crippen LogP contribution in [0.15, 0.2) is 36.7 Å². The van der Waals surface area contributed by atoms with E-state index in [1.807, 2.05) is 0 Å². The number of carbonyl (C=O) groups excluding carboxylic acids is 3. The monoisotopic (exact) mass is 596 g/mol. The highest BCUT2D eigenvalue weighted by molar-refractivity contribution is 5.89. The van der Waals surface area contributed by atoms with Crippen molar-refractivity contribution in [3.63, 3.8) is 0 Å². The molecule has 0 bridgehead atoms. The number of ether oxygens (including phenoxy) is 2. The van der Waals surface area contributed by atoms with Crippen LogP contribution in [0.5, 0.6) is 0 Å². The first-order valence-electron chi connectivity index (χ1n) is 13.8. The fourth-order valence-electron chi connectivity index (χ4n) is 4.28. The van der Waals surface area contributed by atoms with Crippen LogP contribution in [0.1, 0.15) is 71.3 Å². The third-order valence-corrected chi connectivity index (χ3v) is 6.50. The molecule has 3 amide bonds. The molecule has 0 spiro atoms. The summed E-state index contributed by atoms with van der Waals surface area (Å²) in [6.07, 6.45) is -2.01. The average molecular weight is 597 g/mol. The van der Waals surface area contributed by atoms with Crippen molar-refractivity contribution >= 4 is 18.1 Å². The maximum absolute atomic E-state index is 15.1. The van der Waals surface area contributed by atoms with Gasteiger partial charge >= 0.3 is 12.2 Å². The van der Waals surface area contributed by atoms with E-state index in [2.05, 4.69) is 20.7 Å². The van der Waals surface area contributed by atoms with E-state index in [1.54, 1.807) is 26.8 Å². The van der Waals surface area contributed by atoms with Crippen LogP contribution in [0.4, 0.5) is 22.8 Å². The van der Waals surface area contributed by atoms with E-state index in [9.17, 15) is 18.8 Å². The SMILES string of the molecule is CC(C)(C)OC(=O)NC(C)(C)C(=O)N[C@H](CCC(F)(F)c1ccccc1)c1ncnn1CCOC(=O)N1CC[C@@H](F)C1. The predicted molar refractivity (Wildman–Crippen MR) is 146 cm³/mol. The lowest BCUT2D eigenvalue weighted by Crippen LogP contribution is -2.56. The summed E-state index contributed by atoms with van der Waals surface area (Å²) in [5.74, 6) is -3.72. The van der Waals surface area contributed by atoms with E-state index in [4.69, 9.17) is 9.47 Å². The highest BCUT2D eigenvalue weighted by Gasteiger charge is 2.37. The lowest BCUT2D eigenvalue weighted by Gasteiger charge is -2.30. The molecule has 1 aromatic heterocycles. The van der Waals surface area contributed by atoms with Gasteiger partial charge in [-0.15, -0.1) is 0 Å². The first kappa shape index (κ1) is 32.7. The summed E-state index contributed by atoms with van der Waals surface area (Å²) in [5.41, 5.74) is -2.45. The summed E-state index contributed by atoms with van der Waals surface area (Å²) in [6, 6.07) is 6.27. The van der Waals surface area contributed by atoms with Gasteiger partial charge in [0.05, 0.1) is 19.1 Å². The number of hydrogen-bond acceptors (Lipinski definition) is 7. The molecule has 232 valence electrons. The van der Waals surface area contributed by atoms with E-state index in [1.165, 1.54) is 54.0 Å². The van der Waals surface area contributed by atoms with Crippen LogP contribution < -0.4 is 10.6 Å². The Labute approximate surface area is 243 Å². The molecule has 2 heterocycles. The Hall–Kier alpha value is -3.84. The van der Waals surface area contributed by atoms with Crippen molar-refractivity contribution in [3.8, 4) is 0 Å². The number of rotatable bonds is 11. The van der Waals surface area contributed by atoms with Gasteiger partial charge < -0.3 is 25.0 Å². The van der Waals surface area contributed by atoms with Gasteiger partial charge in [-0.25, -0.2) is 32.4 Å². The van der Waals surface area contributed by atoms with Crippen molar-refractivity contribution in [2.75, 3.05) is 19.7 Å². The quantitative estimate of drug-likeness (QED) is 0.391.